The highest BCUT2D eigenvalue weighted by molar-refractivity contribution is 7.89. The minimum atomic E-state index is -3.71. The fourth-order valence-electron chi connectivity index (χ4n) is 2.82. The molecule has 3 heterocycles. The molecule has 0 unspecified atom stereocenters. The molecule has 1 amide bonds. The van der Waals surface area contributed by atoms with Crippen LogP contribution in [0.3, 0.4) is 0 Å². The molecule has 1 atom stereocenters. The summed E-state index contributed by atoms with van der Waals surface area (Å²) in [5.74, 6) is -0.387. The van der Waals surface area contributed by atoms with Gasteiger partial charge in [0.25, 0.3) is 0 Å². The lowest BCUT2D eigenvalue weighted by Gasteiger charge is -2.22. The van der Waals surface area contributed by atoms with Crippen molar-refractivity contribution in [2.75, 3.05) is 11.9 Å². The molecule has 4 rings (SSSR count). The number of aromatic nitrogens is 4. The third-order valence-electron chi connectivity index (χ3n) is 3.97. The molecule has 0 spiro atoms. The average Bonchev–Trinajstić information content (AvgIpc) is 3.31. The smallest absolute Gasteiger partial charge is 0.244 e. The molecule has 1 fully saturated rings. The highest BCUT2D eigenvalue weighted by Gasteiger charge is 2.39. The number of anilines is 1. The van der Waals surface area contributed by atoms with Gasteiger partial charge in [-0.25, -0.2) is 8.42 Å². The Morgan fingerprint density at radius 1 is 1.28 bits per heavy atom. The first-order valence-electron chi connectivity index (χ1n) is 7.60. The monoisotopic (exact) mass is 378 g/mol. The third kappa shape index (κ3) is 2.90. The number of hydrogen-bond donors (Lipinski definition) is 1. The Labute approximate surface area is 147 Å². The van der Waals surface area contributed by atoms with Crippen LogP contribution in [0.15, 0.2) is 41.6 Å². The molecule has 1 saturated heterocycles. The number of carbonyl (C=O) groups excluding carboxylic acids is 1. The molecule has 3 aromatic rings. The summed E-state index contributed by atoms with van der Waals surface area (Å²) in [4.78, 5) is 13.3. The SMILES string of the molecule is O=C(Nc1nn2cnnc2s1)[C@H]1CCCN1S(=O)(=O)c1ccccc1. The van der Waals surface area contributed by atoms with Gasteiger partial charge in [-0.05, 0) is 25.0 Å². The van der Waals surface area contributed by atoms with E-state index < -0.39 is 16.1 Å². The Morgan fingerprint density at radius 3 is 2.84 bits per heavy atom. The van der Waals surface area contributed by atoms with Crippen molar-refractivity contribution in [3.63, 3.8) is 0 Å². The average molecular weight is 378 g/mol. The van der Waals surface area contributed by atoms with Gasteiger partial charge in [0.15, 0.2) is 0 Å². The predicted octanol–water partition coefficient (Wildman–Crippen LogP) is 0.978. The number of rotatable bonds is 4. The van der Waals surface area contributed by atoms with Gasteiger partial charge in [-0.15, -0.1) is 15.3 Å². The first-order chi connectivity index (χ1) is 12.1. The van der Waals surface area contributed by atoms with Crippen molar-refractivity contribution in [2.45, 2.75) is 23.8 Å². The zero-order valence-electron chi connectivity index (χ0n) is 12.9. The second-order valence-corrected chi connectivity index (χ2v) is 8.39. The largest absolute Gasteiger partial charge is 0.299 e. The molecule has 1 aliphatic rings. The van der Waals surface area contributed by atoms with Crippen molar-refractivity contribution in [1.82, 2.24) is 24.1 Å². The second-order valence-electron chi connectivity index (χ2n) is 5.54. The highest BCUT2D eigenvalue weighted by atomic mass is 32.2. The van der Waals surface area contributed by atoms with Crippen LogP contribution < -0.4 is 5.32 Å². The maximum Gasteiger partial charge on any atom is 0.244 e. The number of nitrogens with zero attached hydrogens (tertiary/aromatic N) is 5. The molecule has 1 N–H and O–H groups in total. The molecule has 25 heavy (non-hydrogen) atoms. The van der Waals surface area contributed by atoms with Crippen molar-refractivity contribution in [3.05, 3.63) is 36.7 Å². The first kappa shape index (κ1) is 16.1. The van der Waals surface area contributed by atoms with Crippen LogP contribution in [-0.2, 0) is 14.8 Å². The predicted molar refractivity (Wildman–Crippen MR) is 90.6 cm³/mol. The molecule has 9 nitrogen and oxygen atoms in total. The quantitative estimate of drug-likeness (QED) is 0.725. The fourth-order valence-corrected chi connectivity index (χ4v) is 5.22. The highest BCUT2D eigenvalue weighted by Crippen LogP contribution is 2.27. The van der Waals surface area contributed by atoms with E-state index in [1.54, 1.807) is 18.2 Å². The summed E-state index contributed by atoms with van der Waals surface area (Å²) in [6.45, 7) is 0.320. The number of benzene rings is 1. The first-order valence-corrected chi connectivity index (χ1v) is 9.86. The number of nitrogens with one attached hydrogen (secondary N) is 1. The van der Waals surface area contributed by atoms with Gasteiger partial charge in [0, 0.05) is 6.54 Å². The number of fused-ring (bicyclic) bond motifs is 1. The molecule has 1 aliphatic heterocycles. The normalized spacial score (nSPS) is 18.6. The Bertz CT molecular complexity index is 985. The molecule has 0 bridgehead atoms. The van der Waals surface area contributed by atoms with E-state index in [2.05, 4.69) is 20.6 Å². The van der Waals surface area contributed by atoms with Crippen molar-refractivity contribution < 1.29 is 13.2 Å². The zero-order valence-corrected chi connectivity index (χ0v) is 14.6. The summed E-state index contributed by atoms with van der Waals surface area (Å²) in [5.41, 5.74) is 0. The van der Waals surface area contributed by atoms with Gasteiger partial charge in [0.1, 0.15) is 12.4 Å². The number of hydrogen-bond acceptors (Lipinski definition) is 7. The lowest BCUT2D eigenvalue weighted by atomic mass is 10.2. The van der Waals surface area contributed by atoms with E-state index in [0.29, 0.717) is 29.5 Å². The van der Waals surface area contributed by atoms with E-state index in [1.807, 2.05) is 0 Å². The van der Waals surface area contributed by atoms with Gasteiger partial charge in [-0.1, -0.05) is 29.5 Å². The summed E-state index contributed by atoms with van der Waals surface area (Å²) in [5, 5.41) is 14.7. The van der Waals surface area contributed by atoms with E-state index >= 15 is 0 Å². The number of carbonyl (C=O) groups is 1. The van der Waals surface area contributed by atoms with E-state index in [9.17, 15) is 13.2 Å². The Balaban J connectivity index is 1.56. The number of amides is 1. The van der Waals surface area contributed by atoms with Crippen molar-refractivity contribution in [3.8, 4) is 0 Å². The lowest BCUT2D eigenvalue weighted by Crippen LogP contribution is -2.43. The molecule has 130 valence electrons. The van der Waals surface area contributed by atoms with Crippen molar-refractivity contribution in [2.24, 2.45) is 0 Å². The van der Waals surface area contributed by atoms with Gasteiger partial charge in [-0.2, -0.15) is 8.82 Å². The topological polar surface area (TPSA) is 110 Å². The Kier molecular flexibility index (Phi) is 3.98. The van der Waals surface area contributed by atoms with E-state index in [-0.39, 0.29) is 10.8 Å². The third-order valence-corrected chi connectivity index (χ3v) is 6.72. The van der Waals surface area contributed by atoms with E-state index in [1.165, 1.54) is 38.6 Å². The molecule has 2 aromatic heterocycles. The zero-order chi connectivity index (χ0) is 17.4. The van der Waals surface area contributed by atoms with E-state index in [4.69, 9.17) is 0 Å². The summed E-state index contributed by atoms with van der Waals surface area (Å²) < 4.78 is 28.3. The Hall–Kier alpha value is -2.37. The van der Waals surface area contributed by atoms with Crippen LogP contribution in [-0.4, -0.2) is 51.0 Å². The van der Waals surface area contributed by atoms with Crippen molar-refractivity contribution in [1.29, 1.82) is 0 Å². The van der Waals surface area contributed by atoms with Crippen LogP contribution in [0.5, 0.6) is 0 Å². The maximum atomic E-state index is 12.8. The van der Waals surface area contributed by atoms with Crippen LogP contribution in [0.4, 0.5) is 5.13 Å². The lowest BCUT2D eigenvalue weighted by molar-refractivity contribution is -0.119. The number of sulfonamides is 1. The van der Waals surface area contributed by atoms with Crippen LogP contribution in [0.1, 0.15) is 12.8 Å². The molecule has 11 heteroatoms. The maximum absolute atomic E-state index is 12.8. The van der Waals surface area contributed by atoms with Crippen LogP contribution in [0.2, 0.25) is 0 Å². The molecular formula is C14H14N6O3S2. The summed E-state index contributed by atoms with van der Waals surface area (Å²) >= 11 is 1.17. The fraction of sp³-hybridized carbons (Fsp3) is 0.286. The van der Waals surface area contributed by atoms with Crippen LogP contribution >= 0.6 is 11.3 Å². The van der Waals surface area contributed by atoms with Gasteiger partial charge in [0.05, 0.1) is 4.90 Å². The van der Waals surface area contributed by atoms with E-state index in [0.717, 1.165) is 0 Å². The molecule has 1 aromatic carbocycles. The van der Waals surface area contributed by atoms with Crippen LogP contribution in [0, 0.1) is 0 Å². The second kappa shape index (κ2) is 6.17. The molecule has 0 radical (unpaired) electrons. The standard InChI is InChI=1S/C14H14N6O3S2/c21-12(16-13-18-19-9-15-17-14(19)24-13)11-7-4-8-20(11)25(22,23)10-5-2-1-3-6-10/h1-3,5-6,9,11H,4,7-8H2,(H,16,18,21)/t11-/m1/s1. The van der Waals surface area contributed by atoms with Gasteiger partial charge in [-0.3, -0.25) is 10.1 Å². The van der Waals surface area contributed by atoms with Gasteiger partial charge >= 0.3 is 0 Å². The van der Waals surface area contributed by atoms with Gasteiger partial charge < -0.3 is 0 Å². The van der Waals surface area contributed by atoms with Gasteiger partial charge in [0.2, 0.25) is 26.0 Å². The molecule has 0 aliphatic carbocycles. The van der Waals surface area contributed by atoms with Crippen LogP contribution in [0.25, 0.3) is 4.96 Å². The summed E-state index contributed by atoms with van der Waals surface area (Å²) in [6, 6.07) is 7.40. The molecular weight excluding hydrogens is 364 g/mol. The molecule has 0 saturated carbocycles. The minimum Gasteiger partial charge on any atom is -0.299 e. The minimum absolute atomic E-state index is 0.188. The Morgan fingerprint density at radius 2 is 2.08 bits per heavy atom. The van der Waals surface area contributed by atoms with Crippen molar-refractivity contribution >= 4 is 37.4 Å². The summed E-state index contributed by atoms with van der Waals surface area (Å²) in [7, 11) is -3.71. The summed E-state index contributed by atoms with van der Waals surface area (Å²) in [6.07, 6.45) is 2.54.